The second kappa shape index (κ2) is 11.0. The van der Waals surface area contributed by atoms with Crippen molar-refractivity contribution in [3.8, 4) is 11.4 Å². The van der Waals surface area contributed by atoms with Gasteiger partial charge in [0.25, 0.3) is 0 Å². The Morgan fingerprint density at radius 3 is 2.29 bits per heavy atom. The number of thioether (sulfide) groups is 1. The normalized spacial score (nSPS) is 12.7. The third-order valence-corrected chi connectivity index (χ3v) is 6.52. The summed E-state index contributed by atoms with van der Waals surface area (Å²) in [5.41, 5.74) is 3.04. The number of benzene rings is 3. The van der Waals surface area contributed by atoms with E-state index >= 15 is 0 Å². The zero-order chi connectivity index (χ0) is 23.9. The van der Waals surface area contributed by atoms with Gasteiger partial charge in [-0.15, -0.1) is 10.2 Å². The van der Waals surface area contributed by atoms with Gasteiger partial charge in [-0.25, -0.2) is 0 Å². The average Bonchev–Trinajstić information content (AvgIpc) is 3.26. The Morgan fingerprint density at radius 2 is 1.59 bits per heavy atom. The summed E-state index contributed by atoms with van der Waals surface area (Å²) in [7, 11) is 0. The molecular weight excluding hydrogens is 444 g/mol. The summed E-state index contributed by atoms with van der Waals surface area (Å²) < 4.78 is 7.99. The minimum Gasteiger partial charge on any atom is -0.485 e. The summed E-state index contributed by atoms with van der Waals surface area (Å²) in [6.07, 6.45) is 0. The Balaban J connectivity index is 1.52. The number of aromatic nitrogens is 3. The summed E-state index contributed by atoms with van der Waals surface area (Å²) in [4.78, 5) is 12.9. The molecule has 1 heterocycles. The number of rotatable bonds is 9. The second-order valence-corrected chi connectivity index (χ2v) is 9.33. The molecule has 0 radical (unpaired) electrons. The lowest BCUT2D eigenvalue weighted by Crippen LogP contribution is -2.33. The topological polar surface area (TPSA) is 69.0 Å². The van der Waals surface area contributed by atoms with Gasteiger partial charge < -0.3 is 10.1 Å². The van der Waals surface area contributed by atoms with Crippen LogP contribution in [0.25, 0.3) is 5.69 Å². The maximum atomic E-state index is 12.9. The molecule has 174 valence electrons. The fourth-order valence-corrected chi connectivity index (χ4v) is 4.43. The monoisotopic (exact) mass is 472 g/mol. The molecule has 0 spiro atoms. The molecule has 7 heteroatoms. The molecule has 2 atom stereocenters. The maximum Gasteiger partial charge on any atom is 0.233 e. The molecule has 0 aliphatic rings. The lowest BCUT2D eigenvalue weighted by Gasteiger charge is -2.18. The molecule has 1 N–H and O–H groups in total. The second-order valence-electron chi connectivity index (χ2n) is 8.02. The van der Waals surface area contributed by atoms with Crippen LogP contribution in [0.2, 0.25) is 0 Å². The molecule has 2 unspecified atom stereocenters. The van der Waals surface area contributed by atoms with Gasteiger partial charge in [0.05, 0.1) is 11.3 Å². The zero-order valence-electron chi connectivity index (χ0n) is 19.5. The number of para-hydroxylation sites is 2. The first-order valence-corrected chi connectivity index (χ1v) is 12.1. The molecule has 1 aromatic heterocycles. The Morgan fingerprint density at radius 1 is 0.941 bits per heavy atom. The van der Waals surface area contributed by atoms with Crippen LogP contribution >= 0.6 is 11.8 Å². The number of carbonyl (C=O) groups excluding carboxylic acids is 1. The molecule has 4 aromatic rings. The van der Waals surface area contributed by atoms with Crippen molar-refractivity contribution in [2.45, 2.75) is 43.8 Å². The molecule has 0 saturated carbocycles. The smallest absolute Gasteiger partial charge is 0.233 e. The van der Waals surface area contributed by atoms with Crippen LogP contribution in [0.5, 0.6) is 5.75 Å². The van der Waals surface area contributed by atoms with Gasteiger partial charge in [0, 0.05) is 5.69 Å². The van der Waals surface area contributed by atoms with E-state index in [0.29, 0.717) is 11.0 Å². The van der Waals surface area contributed by atoms with Crippen LogP contribution in [-0.2, 0) is 11.4 Å². The molecule has 4 rings (SSSR count). The number of nitrogens with zero attached hydrogens (tertiary/aromatic N) is 3. The van der Waals surface area contributed by atoms with Gasteiger partial charge in [-0.05, 0) is 50.1 Å². The number of carbonyl (C=O) groups is 1. The quantitative estimate of drug-likeness (QED) is 0.325. The lowest BCUT2D eigenvalue weighted by atomic mass is 10.1. The number of aryl methyl sites for hydroxylation is 1. The fraction of sp³-hybridized carbons (Fsp3) is 0.222. The summed E-state index contributed by atoms with van der Waals surface area (Å²) in [5, 5.41) is 12.2. The van der Waals surface area contributed by atoms with Crippen molar-refractivity contribution in [1.29, 1.82) is 0 Å². The minimum atomic E-state index is -0.358. The summed E-state index contributed by atoms with van der Waals surface area (Å²) >= 11 is 1.38. The number of amides is 1. The van der Waals surface area contributed by atoms with Crippen LogP contribution in [-0.4, -0.2) is 25.9 Å². The van der Waals surface area contributed by atoms with E-state index in [1.165, 1.54) is 11.8 Å². The number of nitrogens with one attached hydrogen (secondary N) is 1. The minimum absolute atomic E-state index is 0.0540. The van der Waals surface area contributed by atoms with Crippen LogP contribution in [0.15, 0.2) is 90.1 Å². The standard InChI is InChI=1S/C27H28N4O2S/c1-19-12-10-11-17-24(19)33-18-25-29-30-27(31(25)23-15-8-5-9-16-23)34-21(3)26(32)28-20(2)22-13-6-4-7-14-22/h4-17,20-21H,18H2,1-3H3,(H,28,32). The third-order valence-electron chi connectivity index (χ3n) is 5.47. The van der Waals surface area contributed by atoms with Crippen LogP contribution in [0.1, 0.15) is 36.8 Å². The van der Waals surface area contributed by atoms with Crippen molar-refractivity contribution in [2.24, 2.45) is 0 Å². The first-order valence-electron chi connectivity index (χ1n) is 11.2. The van der Waals surface area contributed by atoms with Crippen molar-refractivity contribution in [2.75, 3.05) is 0 Å². The summed E-state index contributed by atoms with van der Waals surface area (Å²) in [6.45, 7) is 6.14. The predicted octanol–water partition coefficient (Wildman–Crippen LogP) is 5.51. The highest BCUT2D eigenvalue weighted by Gasteiger charge is 2.22. The largest absolute Gasteiger partial charge is 0.485 e. The van der Waals surface area contributed by atoms with E-state index in [9.17, 15) is 4.79 Å². The van der Waals surface area contributed by atoms with E-state index in [1.54, 1.807) is 0 Å². The first kappa shape index (κ1) is 23.6. The lowest BCUT2D eigenvalue weighted by molar-refractivity contribution is -0.120. The van der Waals surface area contributed by atoms with Gasteiger partial charge in [0.15, 0.2) is 11.0 Å². The highest BCUT2D eigenvalue weighted by Crippen LogP contribution is 2.27. The van der Waals surface area contributed by atoms with E-state index in [1.807, 2.05) is 110 Å². The predicted molar refractivity (Wildman–Crippen MR) is 135 cm³/mol. The average molecular weight is 473 g/mol. The van der Waals surface area contributed by atoms with Crippen molar-refractivity contribution >= 4 is 17.7 Å². The molecular formula is C27H28N4O2S. The molecule has 0 aliphatic heterocycles. The van der Waals surface area contributed by atoms with Crippen molar-refractivity contribution in [1.82, 2.24) is 20.1 Å². The molecule has 34 heavy (non-hydrogen) atoms. The van der Waals surface area contributed by atoms with E-state index < -0.39 is 0 Å². The van der Waals surface area contributed by atoms with Crippen molar-refractivity contribution < 1.29 is 9.53 Å². The maximum absolute atomic E-state index is 12.9. The summed E-state index contributed by atoms with van der Waals surface area (Å²) in [5.74, 6) is 1.42. The third kappa shape index (κ3) is 5.66. The van der Waals surface area contributed by atoms with Gasteiger partial charge in [0.2, 0.25) is 5.91 Å². The van der Waals surface area contributed by atoms with Gasteiger partial charge in [-0.1, -0.05) is 78.5 Å². The Labute approximate surface area is 204 Å². The van der Waals surface area contributed by atoms with Gasteiger partial charge >= 0.3 is 0 Å². The van der Waals surface area contributed by atoms with Crippen molar-refractivity contribution in [3.05, 3.63) is 102 Å². The van der Waals surface area contributed by atoms with E-state index in [0.717, 1.165) is 22.6 Å². The number of hydrogen-bond donors (Lipinski definition) is 1. The van der Waals surface area contributed by atoms with Gasteiger partial charge in [-0.3, -0.25) is 9.36 Å². The van der Waals surface area contributed by atoms with Gasteiger partial charge in [0.1, 0.15) is 12.4 Å². The SMILES string of the molecule is Cc1ccccc1OCc1nnc(SC(C)C(=O)NC(C)c2ccccc2)n1-c1ccccc1. The van der Waals surface area contributed by atoms with Crippen molar-refractivity contribution in [3.63, 3.8) is 0 Å². The molecule has 0 aliphatic carbocycles. The fourth-order valence-electron chi connectivity index (χ4n) is 3.53. The Hall–Kier alpha value is -3.58. The molecule has 0 fully saturated rings. The molecule has 0 bridgehead atoms. The molecule has 1 amide bonds. The van der Waals surface area contributed by atoms with Crippen LogP contribution in [0.4, 0.5) is 0 Å². The zero-order valence-corrected chi connectivity index (χ0v) is 20.3. The Bertz CT molecular complexity index is 1230. The summed E-state index contributed by atoms with van der Waals surface area (Å²) in [6, 6.07) is 27.6. The number of hydrogen-bond acceptors (Lipinski definition) is 5. The molecule has 3 aromatic carbocycles. The molecule has 0 saturated heterocycles. The highest BCUT2D eigenvalue weighted by molar-refractivity contribution is 8.00. The van der Waals surface area contributed by atoms with Crippen LogP contribution in [0.3, 0.4) is 0 Å². The highest BCUT2D eigenvalue weighted by atomic mass is 32.2. The number of ether oxygens (including phenoxy) is 1. The molecule has 6 nitrogen and oxygen atoms in total. The first-order chi connectivity index (χ1) is 16.5. The van der Waals surface area contributed by atoms with E-state index in [-0.39, 0.29) is 23.8 Å². The van der Waals surface area contributed by atoms with E-state index in [4.69, 9.17) is 4.74 Å². The van der Waals surface area contributed by atoms with Crippen LogP contribution in [0, 0.1) is 6.92 Å². The van der Waals surface area contributed by atoms with E-state index in [2.05, 4.69) is 15.5 Å². The van der Waals surface area contributed by atoms with Gasteiger partial charge in [-0.2, -0.15) is 0 Å². The Kier molecular flexibility index (Phi) is 7.65. The van der Waals surface area contributed by atoms with Crippen LogP contribution < -0.4 is 10.1 Å².